The predicted octanol–water partition coefficient (Wildman–Crippen LogP) is 3.51. The standard InChI is InChI=1S/C16H15BrFNO/c17-11-5-6-13(14(18)9-11)16(20)15-12-4-2-1-3-10(12)7-8-19-15/h1-6,9,15-16,19-20H,7-8H2. The topological polar surface area (TPSA) is 32.3 Å². The molecule has 3 rings (SSSR count). The van der Waals surface area contributed by atoms with Crippen molar-refractivity contribution in [2.75, 3.05) is 6.54 Å². The van der Waals surface area contributed by atoms with Gasteiger partial charge in [0.2, 0.25) is 0 Å². The monoisotopic (exact) mass is 335 g/mol. The lowest BCUT2D eigenvalue weighted by molar-refractivity contribution is 0.121. The van der Waals surface area contributed by atoms with Crippen molar-refractivity contribution in [2.24, 2.45) is 0 Å². The smallest absolute Gasteiger partial charge is 0.130 e. The lowest BCUT2D eigenvalue weighted by atomic mass is 9.88. The average Bonchev–Trinajstić information content (AvgIpc) is 2.46. The first kappa shape index (κ1) is 13.7. The van der Waals surface area contributed by atoms with Gasteiger partial charge in [-0.05, 0) is 36.2 Å². The van der Waals surface area contributed by atoms with Gasteiger partial charge in [0.15, 0.2) is 0 Å². The van der Waals surface area contributed by atoms with Gasteiger partial charge in [0, 0.05) is 10.0 Å². The number of hydrogen-bond acceptors (Lipinski definition) is 2. The van der Waals surface area contributed by atoms with Crippen LogP contribution in [0.5, 0.6) is 0 Å². The molecule has 2 N–H and O–H groups in total. The van der Waals surface area contributed by atoms with Crippen LogP contribution in [0.15, 0.2) is 46.9 Å². The Hall–Kier alpha value is -1.23. The summed E-state index contributed by atoms with van der Waals surface area (Å²) in [6.45, 7) is 0.789. The van der Waals surface area contributed by atoms with Gasteiger partial charge >= 0.3 is 0 Å². The van der Waals surface area contributed by atoms with E-state index in [1.165, 1.54) is 11.6 Å². The number of aliphatic hydroxyl groups is 1. The molecule has 4 heteroatoms. The van der Waals surface area contributed by atoms with E-state index in [0.717, 1.165) is 18.5 Å². The van der Waals surface area contributed by atoms with E-state index in [4.69, 9.17) is 0 Å². The Morgan fingerprint density at radius 1 is 1.25 bits per heavy atom. The lowest BCUT2D eigenvalue weighted by Gasteiger charge is -2.31. The Labute approximate surface area is 125 Å². The summed E-state index contributed by atoms with van der Waals surface area (Å²) < 4.78 is 14.7. The molecule has 2 aromatic rings. The first-order chi connectivity index (χ1) is 9.66. The van der Waals surface area contributed by atoms with Crippen molar-refractivity contribution in [3.63, 3.8) is 0 Å². The van der Waals surface area contributed by atoms with Crippen molar-refractivity contribution < 1.29 is 9.50 Å². The number of nitrogens with one attached hydrogen (secondary N) is 1. The van der Waals surface area contributed by atoms with Crippen LogP contribution >= 0.6 is 15.9 Å². The van der Waals surface area contributed by atoms with E-state index in [0.29, 0.717) is 10.0 Å². The maximum atomic E-state index is 14.0. The molecule has 0 amide bonds. The number of aliphatic hydroxyl groups excluding tert-OH is 1. The molecule has 0 fully saturated rings. The Kier molecular flexibility index (Phi) is 3.87. The molecular weight excluding hydrogens is 321 g/mol. The fourth-order valence-corrected chi connectivity index (χ4v) is 3.07. The highest BCUT2D eigenvalue weighted by molar-refractivity contribution is 9.10. The van der Waals surface area contributed by atoms with E-state index >= 15 is 0 Å². The second-order valence-corrected chi connectivity index (χ2v) is 5.91. The number of benzene rings is 2. The van der Waals surface area contributed by atoms with Gasteiger partial charge in [0.1, 0.15) is 11.9 Å². The van der Waals surface area contributed by atoms with Crippen LogP contribution in [0.2, 0.25) is 0 Å². The van der Waals surface area contributed by atoms with Crippen LogP contribution in [0.25, 0.3) is 0 Å². The summed E-state index contributed by atoms with van der Waals surface area (Å²) >= 11 is 3.23. The zero-order valence-electron chi connectivity index (χ0n) is 10.8. The van der Waals surface area contributed by atoms with Crippen LogP contribution < -0.4 is 5.32 Å². The van der Waals surface area contributed by atoms with Crippen LogP contribution in [-0.4, -0.2) is 11.7 Å². The van der Waals surface area contributed by atoms with Gasteiger partial charge in [0.05, 0.1) is 6.04 Å². The second-order valence-electron chi connectivity index (χ2n) is 4.99. The summed E-state index contributed by atoms with van der Waals surface area (Å²) in [4.78, 5) is 0. The zero-order chi connectivity index (χ0) is 14.1. The lowest BCUT2D eigenvalue weighted by Crippen LogP contribution is -2.34. The predicted molar refractivity (Wildman–Crippen MR) is 79.9 cm³/mol. The first-order valence-corrected chi connectivity index (χ1v) is 7.40. The van der Waals surface area contributed by atoms with Crippen LogP contribution in [0, 0.1) is 5.82 Å². The van der Waals surface area contributed by atoms with Gasteiger partial charge in [-0.15, -0.1) is 0 Å². The molecule has 1 heterocycles. The molecule has 0 spiro atoms. The maximum Gasteiger partial charge on any atom is 0.130 e. The summed E-state index contributed by atoms with van der Waals surface area (Å²) in [7, 11) is 0. The van der Waals surface area contributed by atoms with Crippen molar-refractivity contribution in [3.05, 3.63) is 69.4 Å². The maximum absolute atomic E-state index is 14.0. The van der Waals surface area contributed by atoms with Crippen molar-refractivity contribution in [1.29, 1.82) is 0 Å². The molecule has 0 radical (unpaired) electrons. The van der Waals surface area contributed by atoms with Crippen molar-refractivity contribution in [3.8, 4) is 0 Å². The van der Waals surface area contributed by atoms with E-state index < -0.39 is 11.9 Å². The van der Waals surface area contributed by atoms with Gasteiger partial charge in [-0.25, -0.2) is 4.39 Å². The van der Waals surface area contributed by atoms with Gasteiger partial charge in [-0.3, -0.25) is 0 Å². The van der Waals surface area contributed by atoms with Gasteiger partial charge < -0.3 is 10.4 Å². The molecule has 0 bridgehead atoms. The van der Waals surface area contributed by atoms with Crippen molar-refractivity contribution >= 4 is 15.9 Å². The minimum Gasteiger partial charge on any atom is -0.386 e. The third kappa shape index (κ3) is 2.51. The fourth-order valence-electron chi connectivity index (χ4n) is 2.74. The number of rotatable bonds is 2. The van der Waals surface area contributed by atoms with Crippen LogP contribution in [0.3, 0.4) is 0 Å². The summed E-state index contributed by atoms with van der Waals surface area (Å²) in [5, 5.41) is 13.8. The Morgan fingerprint density at radius 2 is 2.05 bits per heavy atom. The summed E-state index contributed by atoms with van der Waals surface area (Å²) in [6, 6.07) is 12.5. The van der Waals surface area contributed by atoms with Gasteiger partial charge in [-0.1, -0.05) is 46.3 Å². The highest BCUT2D eigenvalue weighted by Gasteiger charge is 2.28. The summed E-state index contributed by atoms with van der Waals surface area (Å²) in [5.41, 5.74) is 2.59. The Balaban J connectivity index is 1.97. The summed E-state index contributed by atoms with van der Waals surface area (Å²) in [5.74, 6) is -0.392. The molecule has 0 saturated carbocycles. The number of hydrogen-bond donors (Lipinski definition) is 2. The second kappa shape index (κ2) is 5.64. The van der Waals surface area contributed by atoms with Gasteiger partial charge in [0.25, 0.3) is 0 Å². The minimum atomic E-state index is -0.899. The summed E-state index contributed by atoms with van der Waals surface area (Å²) in [6.07, 6.45) is 0.0342. The third-order valence-corrected chi connectivity index (χ3v) is 4.24. The molecule has 2 unspecified atom stereocenters. The van der Waals surface area contributed by atoms with E-state index in [9.17, 15) is 9.50 Å². The van der Waals surface area contributed by atoms with E-state index in [2.05, 4.69) is 27.3 Å². The quantitative estimate of drug-likeness (QED) is 0.880. The molecule has 104 valence electrons. The molecule has 0 saturated heterocycles. The molecule has 2 nitrogen and oxygen atoms in total. The van der Waals surface area contributed by atoms with Crippen molar-refractivity contribution in [1.82, 2.24) is 5.32 Å². The van der Waals surface area contributed by atoms with E-state index in [-0.39, 0.29) is 6.04 Å². The van der Waals surface area contributed by atoms with Crippen LogP contribution in [0.4, 0.5) is 4.39 Å². The number of fused-ring (bicyclic) bond motifs is 1. The fraction of sp³-hybridized carbons (Fsp3) is 0.250. The molecule has 20 heavy (non-hydrogen) atoms. The number of halogens is 2. The Morgan fingerprint density at radius 3 is 2.85 bits per heavy atom. The zero-order valence-corrected chi connectivity index (χ0v) is 12.4. The first-order valence-electron chi connectivity index (χ1n) is 6.61. The SMILES string of the molecule is OC(c1ccc(Br)cc1F)C1NCCc2ccccc21. The molecule has 1 aliphatic rings. The molecule has 2 atom stereocenters. The minimum absolute atomic E-state index is 0.268. The molecule has 1 aliphatic heterocycles. The highest BCUT2D eigenvalue weighted by Crippen LogP contribution is 2.34. The van der Waals surface area contributed by atoms with Crippen LogP contribution in [-0.2, 0) is 6.42 Å². The van der Waals surface area contributed by atoms with E-state index in [1.54, 1.807) is 12.1 Å². The Bertz CT molecular complexity index is 632. The normalized spacial score (nSPS) is 19.4. The molecule has 0 aliphatic carbocycles. The molecule has 2 aromatic carbocycles. The van der Waals surface area contributed by atoms with Crippen molar-refractivity contribution in [2.45, 2.75) is 18.6 Å². The van der Waals surface area contributed by atoms with E-state index in [1.807, 2.05) is 18.2 Å². The average molecular weight is 336 g/mol. The highest BCUT2D eigenvalue weighted by atomic mass is 79.9. The third-order valence-electron chi connectivity index (χ3n) is 3.75. The largest absolute Gasteiger partial charge is 0.386 e. The molecule has 0 aromatic heterocycles. The van der Waals surface area contributed by atoms with Crippen LogP contribution in [0.1, 0.15) is 28.8 Å². The van der Waals surface area contributed by atoms with Gasteiger partial charge in [-0.2, -0.15) is 0 Å². The molecular formula is C16H15BrFNO.